The van der Waals surface area contributed by atoms with E-state index in [0.29, 0.717) is 12.3 Å². The first-order chi connectivity index (χ1) is 12.3. The number of halogens is 6. The van der Waals surface area contributed by atoms with E-state index in [1.54, 1.807) is 0 Å². The van der Waals surface area contributed by atoms with Crippen LogP contribution in [0.1, 0.15) is 25.0 Å². The van der Waals surface area contributed by atoms with Crippen molar-refractivity contribution < 1.29 is 41.1 Å². The van der Waals surface area contributed by atoms with E-state index in [0.717, 1.165) is 0 Å². The average Bonchev–Trinajstić information content (AvgIpc) is 2.57. The zero-order valence-corrected chi connectivity index (χ0v) is 13.5. The van der Waals surface area contributed by atoms with Crippen molar-refractivity contribution in [3.8, 4) is 0 Å². The number of aromatic nitrogens is 2. The van der Waals surface area contributed by atoms with Crippen LogP contribution in [-0.4, -0.2) is 45.3 Å². The third kappa shape index (κ3) is 7.34. The Morgan fingerprint density at radius 1 is 1.30 bits per heavy atom. The normalized spacial score (nSPS) is 13.2. The van der Waals surface area contributed by atoms with Crippen LogP contribution in [0, 0.1) is 5.92 Å². The molecule has 1 heterocycles. The minimum atomic E-state index is -4.84. The first kappa shape index (κ1) is 22.6. The van der Waals surface area contributed by atoms with Gasteiger partial charge in [0.25, 0.3) is 0 Å². The molecule has 1 atom stereocenters. The van der Waals surface area contributed by atoms with Crippen molar-refractivity contribution >= 4 is 18.3 Å². The van der Waals surface area contributed by atoms with Crippen LogP contribution in [-0.2, 0) is 15.8 Å². The van der Waals surface area contributed by atoms with Crippen molar-refractivity contribution in [2.45, 2.75) is 31.6 Å². The van der Waals surface area contributed by atoms with Gasteiger partial charge in [0.15, 0.2) is 0 Å². The third-order valence-electron chi connectivity index (χ3n) is 3.28. The highest BCUT2D eigenvalue weighted by Crippen LogP contribution is 2.28. The molecule has 0 radical (unpaired) electrons. The Hall–Kier alpha value is -2.48. The van der Waals surface area contributed by atoms with Gasteiger partial charge >= 0.3 is 12.4 Å². The molecule has 0 aromatic carbocycles. The average molecular weight is 403 g/mol. The van der Waals surface area contributed by atoms with Crippen molar-refractivity contribution in [1.29, 1.82) is 0 Å². The summed E-state index contributed by atoms with van der Waals surface area (Å²) < 4.78 is 74.8. The van der Waals surface area contributed by atoms with Crippen LogP contribution < -0.4 is 10.9 Å². The molecule has 3 N–H and O–H groups in total. The van der Waals surface area contributed by atoms with E-state index in [1.165, 1.54) is 0 Å². The van der Waals surface area contributed by atoms with Gasteiger partial charge in [0.1, 0.15) is 5.69 Å². The van der Waals surface area contributed by atoms with Crippen molar-refractivity contribution in [1.82, 2.24) is 15.0 Å². The summed E-state index contributed by atoms with van der Waals surface area (Å²) in [6.45, 7) is -0.715. The van der Waals surface area contributed by atoms with Crippen molar-refractivity contribution in [2.75, 3.05) is 11.6 Å². The van der Waals surface area contributed by atoms with Crippen LogP contribution in [0.5, 0.6) is 0 Å². The van der Waals surface area contributed by atoms with Crippen LogP contribution in [0.3, 0.4) is 0 Å². The van der Waals surface area contributed by atoms with E-state index in [1.807, 2.05) is 0 Å². The fourth-order valence-electron chi connectivity index (χ4n) is 2.03. The SMILES string of the molecule is NN(C(=O)[C@@H](CCCC(F)(F)F)CN(O)C=O)c1nccc(C(F)(F)F)n1. The summed E-state index contributed by atoms with van der Waals surface area (Å²) in [5.41, 5.74) is -1.39. The number of alkyl halides is 6. The van der Waals surface area contributed by atoms with Gasteiger partial charge < -0.3 is 0 Å². The first-order valence-electron chi connectivity index (χ1n) is 7.31. The molecule has 0 unspecified atom stereocenters. The molecular formula is C13H15F6N5O3. The molecule has 0 saturated heterocycles. The van der Waals surface area contributed by atoms with Gasteiger partial charge in [-0.15, -0.1) is 0 Å². The number of nitrogens with two attached hydrogens (primary N) is 1. The highest BCUT2D eigenvalue weighted by molar-refractivity contribution is 5.92. The molecular weight excluding hydrogens is 388 g/mol. The van der Waals surface area contributed by atoms with Crippen LogP contribution >= 0.6 is 0 Å². The van der Waals surface area contributed by atoms with Crippen LogP contribution in [0.4, 0.5) is 32.3 Å². The number of hydrogen-bond donors (Lipinski definition) is 2. The van der Waals surface area contributed by atoms with E-state index in [4.69, 9.17) is 5.84 Å². The Balaban J connectivity index is 2.97. The predicted molar refractivity (Wildman–Crippen MR) is 76.7 cm³/mol. The second kappa shape index (κ2) is 8.94. The second-order valence-corrected chi connectivity index (χ2v) is 5.38. The molecule has 1 rings (SSSR count). The molecule has 0 bridgehead atoms. The number of hydrazine groups is 1. The summed E-state index contributed by atoms with van der Waals surface area (Å²) >= 11 is 0. The Morgan fingerprint density at radius 3 is 2.44 bits per heavy atom. The number of nitrogens with zero attached hydrogens (tertiary/aromatic N) is 4. The van der Waals surface area contributed by atoms with Gasteiger partial charge in [-0.05, 0) is 18.9 Å². The lowest BCUT2D eigenvalue weighted by atomic mass is 10.0. The molecule has 152 valence electrons. The largest absolute Gasteiger partial charge is 0.433 e. The van der Waals surface area contributed by atoms with E-state index >= 15 is 0 Å². The van der Waals surface area contributed by atoms with E-state index < -0.39 is 61.6 Å². The highest BCUT2D eigenvalue weighted by atomic mass is 19.4. The van der Waals surface area contributed by atoms with Gasteiger partial charge in [0, 0.05) is 12.6 Å². The van der Waals surface area contributed by atoms with E-state index in [2.05, 4.69) is 9.97 Å². The monoisotopic (exact) mass is 403 g/mol. The Labute approximate surface area is 148 Å². The smallest absolute Gasteiger partial charge is 0.286 e. The number of amides is 2. The summed E-state index contributed by atoms with van der Waals surface area (Å²) in [4.78, 5) is 29.3. The number of hydroxylamine groups is 2. The molecule has 0 aliphatic heterocycles. The first-order valence-corrected chi connectivity index (χ1v) is 7.31. The lowest BCUT2D eigenvalue weighted by molar-refractivity contribution is -0.155. The maximum absolute atomic E-state index is 12.7. The predicted octanol–water partition coefficient (Wildman–Crippen LogP) is 1.90. The molecule has 0 aliphatic carbocycles. The molecule has 14 heteroatoms. The zero-order valence-electron chi connectivity index (χ0n) is 13.5. The number of carbonyl (C=O) groups is 2. The molecule has 0 fully saturated rings. The molecule has 8 nitrogen and oxygen atoms in total. The summed E-state index contributed by atoms with van der Waals surface area (Å²) in [5.74, 6) is 1.97. The summed E-state index contributed by atoms with van der Waals surface area (Å²) in [6, 6.07) is 0.532. The molecule has 1 aromatic rings. The highest BCUT2D eigenvalue weighted by Gasteiger charge is 2.35. The summed E-state index contributed by atoms with van der Waals surface area (Å²) in [7, 11) is 0. The van der Waals surface area contributed by atoms with Crippen molar-refractivity contribution in [2.24, 2.45) is 11.8 Å². The molecule has 0 saturated carbocycles. The summed E-state index contributed by atoms with van der Waals surface area (Å²) in [5, 5.41) is 9.33. The maximum atomic E-state index is 12.7. The van der Waals surface area contributed by atoms with Crippen molar-refractivity contribution in [3.63, 3.8) is 0 Å². The lowest BCUT2D eigenvalue weighted by Gasteiger charge is -2.24. The van der Waals surface area contributed by atoms with E-state index in [9.17, 15) is 41.1 Å². The minimum Gasteiger partial charge on any atom is -0.286 e. The number of anilines is 1. The number of carbonyl (C=O) groups excluding carboxylic acids is 2. The zero-order chi connectivity index (χ0) is 20.8. The standard InChI is InChI=1S/C13H15F6N5O3/c14-12(15,16)4-1-2-8(6-23(27)7-25)10(26)24(20)11-21-5-3-9(22-11)13(17,18)19/h3,5,7-8,27H,1-2,4,6,20H2/t8-/m0/s1. The number of hydrogen-bond acceptors (Lipinski definition) is 6. The molecule has 0 spiro atoms. The fraction of sp³-hybridized carbons (Fsp3) is 0.538. The lowest BCUT2D eigenvalue weighted by Crippen LogP contribution is -2.46. The molecule has 2 amide bonds. The minimum absolute atomic E-state index is 0.0109. The van der Waals surface area contributed by atoms with Gasteiger partial charge in [0.05, 0.1) is 12.5 Å². The Kier molecular flexibility index (Phi) is 7.47. The van der Waals surface area contributed by atoms with Crippen LogP contribution in [0.2, 0.25) is 0 Å². The Morgan fingerprint density at radius 2 is 1.93 bits per heavy atom. The van der Waals surface area contributed by atoms with Crippen LogP contribution in [0.25, 0.3) is 0 Å². The van der Waals surface area contributed by atoms with E-state index in [-0.39, 0.29) is 16.5 Å². The summed E-state index contributed by atoms with van der Waals surface area (Å²) in [6.07, 6.45) is -11.0. The topological polar surface area (TPSA) is 113 Å². The molecule has 0 aliphatic rings. The van der Waals surface area contributed by atoms with Gasteiger partial charge in [0.2, 0.25) is 18.3 Å². The van der Waals surface area contributed by atoms with Gasteiger partial charge in [-0.2, -0.15) is 26.3 Å². The Bertz CT molecular complexity index is 654. The fourth-order valence-corrected chi connectivity index (χ4v) is 2.03. The van der Waals surface area contributed by atoms with Gasteiger partial charge in [-0.25, -0.2) is 25.9 Å². The molecule has 1 aromatic heterocycles. The van der Waals surface area contributed by atoms with Crippen molar-refractivity contribution in [3.05, 3.63) is 18.0 Å². The van der Waals surface area contributed by atoms with Crippen LogP contribution in [0.15, 0.2) is 12.3 Å². The van der Waals surface area contributed by atoms with Gasteiger partial charge in [-0.3, -0.25) is 14.8 Å². The quantitative estimate of drug-likeness (QED) is 0.171. The molecule has 27 heavy (non-hydrogen) atoms. The maximum Gasteiger partial charge on any atom is 0.433 e. The number of rotatable bonds is 8. The second-order valence-electron chi connectivity index (χ2n) is 5.38. The van der Waals surface area contributed by atoms with Gasteiger partial charge in [-0.1, -0.05) is 0 Å². The third-order valence-corrected chi connectivity index (χ3v) is 3.28.